The predicted octanol–water partition coefficient (Wildman–Crippen LogP) is 5.58. The van der Waals surface area contributed by atoms with Gasteiger partial charge in [-0.05, 0) is 84.7 Å². The van der Waals surface area contributed by atoms with Crippen LogP contribution in [0, 0.1) is 23.3 Å². The van der Waals surface area contributed by atoms with Crippen molar-refractivity contribution in [2.45, 2.75) is 18.9 Å². The first-order chi connectivity index (χ1) is 20.7. The summed E-state index contributed by atoms with van der Waals surface area (Å²) in [5, 5.41) is 2.93. The predicted molar refractivity (Wildman–Crippen MR) is 153 cm³/mol. The van der Waals surface area contributed by atoms with Gasteiger partial charge in [0, 0.05) is 42.4 Å². The minimum atomic E-state index is -1.06. The summed E-state index contributed by atoms with van der Waals surface area (Å²) in [7, 11) is 0. The van der Waals surface area contributed by atoms with E-state index in [0.717, 1.165) is 43.9 Å². The zero-order valence-electron chi connectivity index (χ0n) is 23.3. The van der Waals surface area contributed by atoms with Gasteiger partial charge in [-0.2, -0.15) is 0 Å². The molecule has 0 unspecified atom stereocenters. The third-order valence-electron chi connectivity index (χ3n) is 7.32. The summed E-state index contributed by atoms with van der Waals surface area (Å²) in [6.07, 6.45) is 3.12. The van der Waals surface area contributed by atoms with Crippen LogP contribution in [0.1, 0.15) is 34.3 Å². The molecule has 2 fully saturated rings. The Morgan fingerprint density at radius 2 is 1.40 bits per heavy atom. The lowest BCUT2D eigenvalue weighted by Gasteiger charge is -2.27. The van der Waals surface area contributed by atoms with Gasteiger partial charge in [0.15, 0.2) is 29.1 Å². The normalized spacial score (nSPS) is 19.5. The molecule has 224 valence electrons. The topological polar surface area (TPSA) is 67.9 Å². The number of hydrogen-bond donors (Lipinski definition) is 1. The second kappa shape index (κ2) is 13.8. The molecule has 0 spiro atoms. The molecule has 5 rings (SSSR count). The van der Waals surface area contributed by atoms with Crippen LogP contribution < -0.4 is 10.1 Å². The van der Waals surface area contributed by atoms with Crippen molar-refractivity contribution in [1.82, 2.24) is 10.2 Å². The molecule has 0 aromatic heterocycles. The SMILES string of the molecule is O=C1/C(=C/c2ccc(F)c(F)c2)CC(NC(=O)c2ccc(OCCN3CCOCC3)cc2)C/C1=C\c1ccc(F)c(F)c1. The summed E-state index contributed by atoms with van der Waals surface area (Å²) in [6.45, 7) is 4.43. The Morgan fingerprint density at radius 1 is 0.837 bits per heavy atom. The standard InChI is InChI=1S/C33H30F4N2O4/c34-28-7-1-21(17-30(28)36)15-24-19-26(20-25(32(24)40)16-22-2-8-29(35)31(37)18-22)38-33(41)23-3-5-27(6-4-23)43-14-11-39-9-12-42-13-10-39/h1-8,15-18,26H,9-14,19-20H2,(H,38,41)/b24-15+,25-16+. The summed E-state index contributed by atoms with van der Waals surface area (Å²) in [5.41, 5.74) is 1.42. The first-order valence-electron chi connectivity index (χ1n) is 13.9. The van der Waals surface area contributed by atoms with Crippen LogP contribution in [0.2, 0.25) is 0 Å². The molecular weight excluding hydrogens is 564 g/mol. The van der Waals surface area contributed by atoms with Crippen LogP contribution in [-0.4, -0.2) is 62.1 Å². The number of ether oxygens (including phenoxy) is 2. The second-order valence-corrected chi connectivity index (χ2v) is 10.4. The molecule has 10 heteroatoms. The molecule has 0 atom stereocenters. The summed E-state index contributed by atoms with van der Waals surface area (Å²) >= 11 is 0. The third-order valence-corrected chi connectivity index (χ3v) is 7.32. The molecule has 1 aliphatic heterocycles. The van der Waals surface area contributed by atoms with Crippen molar-refractivity contribution in [3.05, 3.63) is 112 Å². The molecule has 1 heterocycles. The molecule has 1 saturated carbocycles. The molecular formula is C33H30F4N2O4. The number of halogens is 4. The van der Waals surface area contributed by atoms with Crippen LogP contribution >= 0.6 is 0 Å². The Labute approximate surface area is 246 Å². The van der Waals surface area contributed by atoms with Crippen LogP contribution in [0.25, 0.3) is 12.2 Å². The fourth-order valence-electron chi connectivity index (χ4n) is 5.04. The maximum atomic E-state index is 13.8. The highest BCUT2D eigenvalue weighted by molar-refractivity contribution is 6.14. The molecule has 1 amide bonds. The Morgan fingerprint density at radius 3 is 1.93 bits per heavy atom. The second-order valence-electron chi connectivity index (χ2n) is 10.4. The van der Waals surface area contributed by atoms with Gasteiger partial charge < -0.3 is 14.8 Å². The van der Waals surface area contributed by atoms with Gasteiger partial charge in [-0.25, -0.2) is 17.6 Å². The molecule has 1 N–H and O–H groups in total. The Bertz CT molecular complexity index is 1480. The van der Waals surface area contributed by atoms with E-state index in [9.17, 15) is 27.2 Å². The average Bonchev–Trinajstić information content (AvgIpc) is 3.00. The lowest BCUT2D eigenvalue weighted by Crippen LogP contribution is -2.39. The minimum Gasteiger partial charge on any atom is -0.492 e. The van der Waals surface area contributed by atoms with Gasteiger partial charge in [-0.15, -0.1) is 0 Å². The largest absolute Gasteiger partial charge is 0.492 e. The van der Waals surface area contributed by atoms with E-state index in [-0.39, 0.29) is 41.0 Å². The van der Waals surface area contributed by atoms with Crippen molar-refractivity contribution in [2.24, 2.45) is 0 Å². The van der Waals surface area contributed by atoms with Gasteiger partial charge in [0.05, 0.1) is 13.2 Å². The maximum absolute atomic E-state index is 13.8. The van der Waals surface area contributed by atoms with Crippen LogP contribution in [0.15, 0.2) is 71.8 Å². The van der Waals surface area contributed by atoms with Crippen molar-refractivity contribution >= 4 is 23.8 Å². The van der Waals surface area contributed by atoms with Gasteiger partial charge in [-0.1, -0.05) is 12.1 Å². The number of benzene rings is 3. The number of rotatable bonds is 8. The molecule has 0 bridgehead atoms. The summed E-state index contributed by atoms with van der Waals surface area (Å²) in [6, 6.07) is 12.7. The van der Waals surface area contributed by atoms with Crippen molar-refractivity contribution in [2.75, 3.05) is 39.5 Å². The minimum absolute atomic E-state index is 0.126. The number of hydrogen-bond acceptors (Lipinski definition) is 5. The number of amides is 1. The van der Waals surface area contributed by atoms with Crippen molar-refractivity contribution in [3.8, 4) is 5.75 Å². The van der Waals surface area contributed by atoms with Crippen LogP contribution in [-0.2, 0) is 9.53 Å². The molecule has 3 aromatic carbocycles. The van der Waals surface area contributed by atoms with E-state index in [2.05, 4.69) is 10.2 Å². The van der Waals surface area contributed by atoms with E-state index in [1.165, 1.54) is 24.3 Å². The number of Topliss-reactive ketones (excluding diaryl/α,β-unsaturated/α-hetero) is 1. The number of nitrogens with zero attached hydrogens (tertiary/aromatic N) is 1. The van der Waals surface area contributed by atoms with Gasteiger partial charge in [0.1, 0.15) is 12.4 Å². The summed E-state index contributed by atoms with van der Waals surface area (Å²) in [5.74, 6) is -4.30. The average molecular weight is 595 g/mol. The number of carbonyl (C=O) groups excluding carboxylic acids is 2. The van der Waals surface area contributed by atoms with E-state index < -0.39 is 35.1 Å². The van der Waals surface area contributed by atoms with E-state index in [1.807, 2.05) is 0 Å². The highest BCUT2D eigenvalue weighted by Crippen LogP contribution is 2.29. The van der Waals surface area contributed by atoms with Crippen molar-refractivity contribution in [1.29, 1.82) is 0 Å². The lowest BCUT2D eigenvalue weighted by atomic mass is 9.83. The molecule has 1 aliphatic carbocycles. The monoisotopic (exact) mass is 594 g/mol. The highest BCUT2D eigenvalue weighted by atomic mass is 19.2. The Hall–Kier alpha value is -4.28. The van der Waals surface area contributed by atoms with Gasteiger partial charge in [0.25, 0.3) is 5.91 Å². The molecule has 1 saturated heterocycles. The van der Waals surface area contributed by atoms with Crippen LogP contribution in [0.4, 0.5) is 17.6 Å². The van der Waals surface area contributed by atoms with Gasteiger partial charge >= 0.3 is 0 Å². The first kappa shape index (κ1) is 30.2. The summed E-state index contributed by atoms with van der Waals surface area (Å²) < 4.78 is 65.8. The van der Waals surface area contributed by atoms with Crippen LogP contribution in [0.3, 0.4) is 0 Å². The molecule has 43 heavy (non-hydrogen) atoms. The highest BCUT2D eigenvalue weighted by Gasteiger charge is 2.29. The van der Waals surface area contributed by atoms with Gasteiger partial charge in [0.2, 0.25) is 0 Å². The quantitative estimate of drug-likeness (QED) is 0.273. The van der Waals surface area contributed by atoms with E-state index in [1.54, 1.807) is 24.3 Å². The number of ketones is 1. The third kappa shape index (κ3) is 7.97. The van der Waals surface area contributed by atoms with Crippen LogP contribution in [0.5, 0.6) is 5.75 Å². The molecule has 3 aromatic rings. The van der Waals surface area contributed by atoms with E-state index in [4.69, 9.17) is 9.47 Å². The fourth-order valence-corrected chi connectivity index (χ4v) is 5.04. The van der Waals surface area contributed by atoms with E-state index in [0.29, 0.717) is 31.1 Å². The number of morpholine rings is 1. The Kier molecular flexibility index (Phi) is 9.68. The molecule has 6 nitrogen and oxygen atoms in total. The number of carbonyl (C=O) groups is 2. The Balaban J connectivity index is 1.30. The zero-order valence-corrected chi connectivity index (χ0v) is 23.3. The van der Waals surface area contributed by atoms with Crippen molar-refractivity contribution < 1.29 is 36.6 Å². The molecule has 0 radical (unpaired) electrons. The summed E-state index contributed by atoms with van der Waals surface area (Å²) in [4.78, 5) is 28.8. The lowest BCUT2D eigenvalue weighted by molar-refractivity contribution is -0.113. The van der Waals surface area contributed by atoms with Crippen molar-refractivity contribution in [3.63, 3.8) is 0 Å². The van der Waals surface area contributed by atoms with Gasteiger partial charge in [-0.3, -0.25) is 14.5 Å². The maximum Gasteiger partial charge on any atom is 0.251 e. The number of nitrogens with one attached hydrogen (secondary N) is 1. The first-order valence-corrected chi connectivity index (χ1v) is 13.9. The fraction of sp³-hybridized carbons (Fsp3) is 0.273. The van der Waals surface area contributed by atoms with E-state index >= 15 is 0 Å². The molecule has 2 aliphatic rings. The zero-order chi connectivity index (χ0) is 30.3. The smallest absolute Gasteiger partial charge is 0.251 e.